The van der Waals surface area contributed by atoms with E-state index in [1.54, 1.807) is 4.90 Å². The van der Waals surface area contributed by atoms with Gasteiger partial charge in [0, 0.05) is 51.0 Å². The summed E-state index contributed by atoms with van der Waals surface area (Å²) >= 11 is 0. The second-order valence-electron chi connectivity index (χ2n) is 7.41. The van der Waals surface area contributed by atoms with Crippen molar-refractivity contribution in [1.82, 2.24) is 29.4 Å². The van der Waals surface area contributed by atoms with E-state index in [-0.39, 0.29) is 0 Å². The van der Waals surface area contributed by atoms with E-state index >= 15 is 0 Å². The van der Waals surface area contributed by atoms with Crippen molar-refractivity contribution in [2.75, 3.05) is 26.2 Å². The zero-order valence-corrected chi connectivity index (χ0v) is 17.2. The van der Waals surface area contributed by atoms with Crippen LogP contribution in [0.2, 0.25) is 0 Å². The number of alkyl halides is 4. The lowest BCUT2D eigenvalue weighted by molar-refractivity contribution is -0.136. The molecule has 1 amide bonds. The molecule has 1 aliphatic rings. The van der Waals surface area contributed by atoms with E-state index in [1.807, 2.05) is 24.7 Å². The Hall–Kier alpha value is -2.43. The summed E-state index contributed by atoms with van der Waals surface area (Å²) in [5.74, 6) is -0.407. The van der Waals surface area contributed by atoms with Crippen molar-refractivity contribution in [3.8, 4) is 0 Å². The number of nitrogens with zero attached hydrogens (tertiary/aromatic N) is 6. The molecule has 0 bridgehead atoms. The number of amides is 1. The molecule has 11 heteroatoms. The minimum atomic E-state index is -3.00. The van der Waals surface area contributed by atoms with Crippen LogP contribution in [0.1, 0.15) is 55.4 Å². The van der Waals surface area contributed by atoms with Crippen LogP contribution in [0, 0.1) is 6.92 Å². The lowest BCUT2D eigenvalue weighted by Gasteiger charge is -2.36. The number of hydrogen-bond acceptors (Lipinski definition) is 4. The van der Waals surface area contributed by atoms with Crippen LogP contribution >= 0.6 is 0 Å². The molecule has 0 saturated carbocycles. The van der Waals surface area contributed by atoms with Crippen molar-refractivity contribution >= 4 is 5.91 Å². The van der Waals surface area contributed by atoms with Crippen molar-refractivity contribution < 1.29 is 22.4 Å². The van der Waals surface area contributed by atoms with Gasteiger partial charge in [0.05, 0.1) is 5.69 Å². The van der Waals surface area contributed by atoms with Crippen LogP contribution < -0.4 is 0 Å². The summed E-state index contributed by atoms with van der Waals surface area (Å²) in [6.07, 6.45) is -3.96. The van der Waals surface area contributed by atoms with Crippen LogP contribution in [0.5, 0.6) is 0 Å². The first-order chi connectivity index (χ1) is 14.2. The Labute approximate surface area is 172 Å². The van der Waals surface area contributed by atoms with Gasteiger partial charge in [-0.2, -0.15) is 10.2 Å². The Kier molecular flexibility index (Phi) is 6.79. The highest BCUT2D eigenvalue weighted by atomic mass is 19.3. The summed E-state index contributed by atoms with van der Waals surface area (Å²) in [6.45, 7) is 9.00. The fraction of sp³-hybridized carbons (Fsp3) is 0.632. The SMILES string of the molecule is CCn1cc(CN2CCN(C(=O)C(C)n3nc(C(F)F)cc3C(F)F)CC2)c(C)n1. The van der Waals surface area contributed by atoms with Gasteiger partial charge in [-0.25, -0.2) is 17.6 Å². The maximum absolute atomic E-state index is 13.2. The van der Waals surface area contributed by atoms with Gasteiger partial charge in [0.25, 0.3) is 12.9 Å². The average Bonchev–Trinajstić information content (AvgIpc) is 3.32. The first kappa shape index (κ1) is 22.3. The van der Waals surface area contributed by atoms with Gasteiger partial charge in [-0.05, 0) is 26.8 Å². The molecule has 1 saturated heterocycles. The number of piperazine rings is 1. The summed E-state index contributed by atoms with van der Waals surface area (Å²) < 4.78 is 54.9. The zero-order valence-electron chi connectivity index (χ0n) is 17.2. The van der Waals surface area contributed by atoms with E-state index in [0.717, 1.165) is 29.0 Å². The summed E-state index contributed by atoms with van der Waals surface area (Å²) in [5.41, 5.74) is 0.672. The molecule has 3 heterocycles. The van der Waals surface area contributed by atoms with Crippen LogP contribution in [0.3, 0.4) is 0 Å². The first-order valence-corrected chi connectivity index (χ1v) is 9.91. The molecule has 0 N–H and O–H groups in total. The predicted molar refractivity (Wildman–Crippen MR) is 101 cm³/mol. The molecule has 0 aromatic carbocycles. The van der Waals surface area contributed by atoms with Gasteiger partial charge in [-0.15, -0.1) is 0 Å². The highest BCUT2D eigenvalue weighted by molar-refractivity contribution is 5.80. The fourth-order valence-corrected chi connectivity index (χ4v) is 3.62. The Morgan fingerprint density at radius 3 is 2.30 bits per heavy atom. The summed E-state index contributed by atoms with van der Waals surface area (Å²) in [5, 5.41) is 7.99. The standard InChI is InChI=1S/C19H26F4N6O/c1-4-28-11-14(12(2)24-28)10-26-5-7-27(8-6-26)19(30)13(3)29-16(18(22)23)9-15(25-29)17(20)21/h9,11,13,17-18H,4-8,10H2,1-3H3. The van der Waals surface area contributed by atoms with Crippen molar-refractivity contribution in [2.45, 2.75) is 52.8 Å². The second-order valence-corrected chi connectivity index (χ2v) is 7.41. The molecular formula is C19H26F4N6O. The zero-order chi connectivity index (χ0) is 22.0. The second kappa shape index (κ2) is 9.15. The van der Waals surface area contributed by atoms with Gasteiger partial charge >= 0.3 is 0 Å². The van der Waals surface area contributed by atoms with E-state index in [9.17, 15) is 22.4 Å². The average molecular weight is 430 g/mol. The van der Waals surface area contributed by atoms with Gasteiger partial charge in [-0.1, -0.05) is 0 Å². The van der Waals surface area contributed by atoms with Crippen LogP contribution in [0.25, 0.3) is 0 Å². The van der Waals surface area contributed by atoms with Gasteiger partial charge in [0.15, 0.2) is 0 Å². The lowest BCUT2D eigenvalue weighted by atomic mass is 10.2. The molecule has 7 nitrogen and oxygen atoms in total. The van der Waals surface area contributed by atoms with Gasteiger partial charge in [-0.3, -0.25) is 19.1 Å². The predicted octanol–water partition coefficient (Wildman–Crippen LogP) is 3.19. The molecule has 1 unspecified atom stereocenters. The molecular weight excluding hydrogens is 404 g/mol. The Bertz CT molecular complexity index is 873. The Morgan fingerprint density at radius 1 is 1.10 bits per heavy atom. The third-order valence-corrected chi connectivity index (χ3v) is 5.40. The number of halogens is 4. The van der Waals surface area contributed by atoms with E-state index in [2.05, 4.69) is 15.1 Å². The third-order valence-electron chi connectivity index (χ3n) is 5.40. The first-order valence-electron chi connectivity index (χ1n) is 9.91. The van der Waals surface area contributed by atoms with E-state index in [0.29, 0.717) is 32.2 Å². The van der Waals surface area contributed by atoms with E-state index in [1.165, 1.54) is 6.92 Å². The molecule has 1 atom stereocenters. The molecule has 166 valence electrons. The lowest BCUT2D eigenvalue weighted by Crippen LogP contribution is -2.50. The number of carbonyl (C=O) groups is 1. The number of rotatable bonds is 7. The maximum atomic E-state index is 13.2. The van der Waals surface area contributed by atoms with Gasteiger partial charge in [0.2, 0.25) is 5.91 Å². The van der Waals surface area contributed by atoms with E-state index < -0.39 is 36.2 Å². The molecule has 2 aromatic rings. The molecule has 0 radical (unpaired) electrons. The monoisotopic (exact) mass is 430 g/mol. The number of aryl methyl sites for hydroxylation is 2. The Morgan fingerprint density at radius 2 is 1.77 bits per heavy atom. The number of aromatic nitrogens is 4. The minimum absolute atomic E-state index is 0.407. The molecule has 1 fully saturated rings. The van der Waals surface area contributed by atoms with Crippen LogP contribution in [0.15, 0.2) is 12.3 Å². The third kappa shape index (κ3) is 4.66. The number of carbonyl (C=O) groups excluding carboxylic acids is 1. The molecule has 2 aromatic heterocycles. The van der Waals surface area contributed by atoms with E-state index in [4.69, 9.17) is 0 Å². The fourth-order valence-electron chi connectivity index (χ4n) is 3.62. The topological polar surface area (TPSA) is 59.2 Å². The maximum Gasteiger partial charge on any atom is 0.282 e. The minimum Gasteiger partial charge on any atom is -0.338 e. The van der Waals surface area contributed by atoms with Gasteiger partial charge in [0.1, 0.15) is 17.4 Å². The number of hydrogen-bond donors (Lipinski definition) is 0. The van der Waals surface area contributed by atoms with Crippen molar-refractivity contribution in [3.63, 3.8) is 0 Å². The highest BCUT2D eigenvalue weighted by Gasteiger charge is 2.31. The van der Waals surface area contributed by atoms with Crippen molar-refractivity contribution in [3.05, 3.63) is 34.9 Å². The quantitative estimate of drug-likeness (QED) is 0.633. The molecule has 0 spiro atoms. The Balaban J connectivity index is 1.63. The molecule has 30 heavy (non-hydrogen) atoms. The normalized spacial score (nSPS) is 16.6. The molecule has 1 aliphatic heterocycles. The summed E-state index contributed by atoms with van der Waals surface area (Å²) in [4.78, 5) is 16.6. The van der Waals surface area contributed by atoms with Crippen LogP contribution in [-0.2, 0) is 17.9 Å². The summed E-state index contributed by atoms with van der Waals surface area (Å²) in [7, 11) is 0. The van der Waals surface area contributed by atoms with Crippen LogP contribution in [-0.4, -0.2) is 61.4 Å². The summed E-state index contributed by atoms with van der Waals surface area (Å²) in [6, 6.07) is -0.423. The van der Waals surface area contributed by atoms with Crippen molar-refractivity contribution in [1.29, 1.82) is 0 Å². The highest BCUT2D eigenvalue weighted by Crippen LogP contribution is 2.28. The van der Waals surface area contributed by atoms with Crippen LogP contribution in [0.4, 0.5) is 17.6 Å². The van der Waals surface area contributed by atoms with Crippen molar-refractivity contribution in [2.24, 2.45) is 0 Å². The largest absolute Gasteiger partial charge is 0.338 e. The molecule has 0 aliphatic carbocycles. The smallest absolute Gasteiger partial charge is 0.282 e. The molecule has 3 rings (SSSR count). The van der Waals surface area contributed by atoms with Gasteiger partial charge < -0.3 is 4.90 Å².